The summed E-state index contributed by atoms with van der Waals surface area (Å²) >= 11 is 0. The first-order chi connectivity index (χ1) is 14.6. The first-order valence-electron chi connectivity index (χ1n) is 9.62. The van der Waals surface area contributed by atoms with Crippen LogP contribution >= 0.6 is 0 Å². The smallest absolute Gasteiger partial charge is 0.325 e. The van der Waals surface area contributed by atoms with Gasteiger partial charge in [0, 0.05) is 35.6 Å². The second kappa shape index (κ2) is 8.28. The van der Waals surface area contributed by atoms with Gasteiger partial charge in [-0.3, -0.25) is 14.5 Å². The van der Waals surface area contributed by atoms with Crippen LogP contribution < -0.4 is 15.4 Å². The molecule has 0 saturated carbocycles. The molecule has 8 nitrogen and oxygen atoms in total. The van der Waals surface area contributed by atoms with Gasteiger partial charge in [-0.2, -0.15) is 0 Å². The Morgan fingerprint density at radius 1 is 1.10 bits per heavy atom. The van der Waals surface area contributed by atoms with Crippen LogP contribution in [0.5, 0.6) is 5.75 Å². The van der Waals surface area contributed by atoms with E-state index in [1.165, 1.54) is 0 Å². The van der Waals surface area contributed by atoms with Crippen molar-refractivity contribution in [1.82, 2.24) is 20.5 Å². The fourth-order valence-electron chi connectivity index (χ4n) is 3.63. The van der Waals surface area contributed by atoms with Gasteiger partial charge in [-0.05, 0) is 17.7 Å². The molecule has 0 spiro atoms. The van der Waals surface area contributed by atoms with Crippen LogP contribution in [0, 0.1) is 0 Å². The molecule has 2 aromatic carbocycles. The molecule has 1 atom stereocenters. The molecule has 1 aliphatic heterocycles. The maximum atomic E-state index is 12.7. The first-order valence-corrected chi connectivity index (χ1v) is 9.62. The van der Waals surface area contributed by atoms with Crippen LogP contribution in [0.1, 0.15) is 11.1 Å². The van der Waals surface area contributed by atoms with Crippen molar-refractivity contribution in [2.45, 2.75) is 19.0 Å². The molecule has 1 saturated heterocycles. The van der Waals surface area contributed by atoms with Gasteiger partial charge in [0.2, 0.25) is 5.91 Å². The van der Waals surface area contributed by atoms with Crippen molar-refractivity contribution < 1.29 is 19.1 Å². The number of urea groups is 1. The number of aromatic nitrogens is 1. The number of nitrogens with zero attached hydrogens (tertiary/aromatic N) is 1. The average molecular weight is 406 g/mol. The number of H-pyrrole nitrogens is 1. The van der Waals surface area contributed by atoms with Crippen LogP contribution in [0.4, 0.5) is 4.79 Å². The highest BCUT2D eigenvalue weighted by atomic mass is 16.5. The Bertz CT molecular complexity index is 1110. The van der Waals surface area contributed by atoms with E-state index in [9.17, 15) is 14.4 Å². The van der Waals surface area contributed by atoms with E-state index in [1.807, 2.05) is 48.7 Å². The molecule has 1 aliphatic rings. The molecule has 3 aromatic rings. The quantitative estimate of drug-likeness (QED) is 0.522. The Morgan fingerprint density at radius 3 is 2.70 bits per heavy atom. The van der Waals surface area contributed by atoms with E-state index in [-0.39, 0.29) is 13.1 Å². The normalized spacial score (nSPS) is 16.0. The number of ether oxygens (including phenoxy) is 1. The lowest BCUT2D eigenvalue weighted by molar-refractivity contribution is -0.132. The molecule has 0 unspecified atom stereocenters. The summed E-state index contributed by atoms with van der Waals surface area (Å²) in [6.07, 6.45) is 2.20. The third-order valence-corrected chi connectivity index (χ3v) is 5.18. The topological polar surface area (TPSA) is 104 Å². The van der Waals surface area contributed by atoms with Crippen LogP contribution in [0.3, 0.4) is 0 Å². The second-order valence-electron chi connectivity index (χ2n) is 7.08. The van der Waals surface area contributed by atoms with Gasteiger partial charge < -0.3 is 20.4 Å². The molecular weight excluding hydrogens is 384 g/mol. The van der Waals surface area contributed by atoms with Crippen molar-refractivity contribution in [3.05, 3.63) is 65.9 Å². The van der Waals surface area contributed by atoms with E-state index in [2.05, 4.69) is 15.6 Å². The van der Waals surface area contributed by atoms with Gasteiger partial charge in [0.15, 0.2) is 0 Å². The van der Waals surface area contributed by atoms with Gasteiger partial charge in [-0.1, -0.05) is 36.4 Å². The van der Waals surface area contributed by atoms with E-state index in [4.69, 9.17) is 4.74 Å². The first kappa shape index (κ1) is 19.5. The van der Waals surface area contributed by atoms with Gasteiger partial charge in [0.25, 0.3) is 5.91 Å². The second-order valence-corrected chi connectivity index (χ2v) is 7.08. The van der Waals surface area contributed by atoms with Crippen molar-refractivity contribution in [2.75, 3.05) is 13.7 Å². The lowest BCUT2D eigenvalue weighted by atomic mass is 10.1. The molecule has 0 radical (unpaired) electrons. The molecule has 4 rings (SSSR count). The summed E-state index contributed by atoms with van der Waals surface area (Å²) < 4.78 is 5.26. The summed E-state index contributed by atoms with van der Waals surface area (Å²) in [7, 11) is 1.56. The minimum atomic E-state index is -0.696. The monoisotopic (exact) mass is 406 g/mol. The highest BCUT2D eigenvalue weighted by molar-refractivity contribution is 6.06. The summed E-state index contributed by atoms with van der Waals surface area (Å²) in [6.45, 7) is -0.0878. The van der Waals surface area contributed by atoms with Crippen LogP contribution in [-0.2, 0) is 22.6 Å². The van der Waals surface area contributed by atoms with Gasteiger partial charge >= 0.3 is 6.03 Å². The van der Waals surface area contributed by atoms with Crippen LogP contribution in [0.15, 0.2) is 54.7 Å². The van der Waals surface area contributed by atoms with E-state index in [0.717, 1.165) is 26.9 Å². The number of amides is 4. The molecule has 154 valence electrons. The summed E-state index contributed by atoms with van der Waals surface area (Å²) in [5.41, 5.74) is 2.71. The zero-order chi connectivity index (χ0) is 21.1. The number of imide groups is 1. The summed E-state index contributed by atoms with van der Waals surface area (Å²) in [4.78, 5) is 41.5. The van der Waals surface area contributed by atoms with Gasteiger partial charge in [-0.25, -0.2) is 4.79 Å². The SMILES string of the molecule is COc1ccccc1CNC(=O)CN1C(=O)N[C@@H](Cc2c[nH]c3ccccc23)C1=O. The highest BCUT2D eigenvalue weighted by Crippen LogP contribution is 2.21. The largest absolute Gasteiger partial charge is 0.496 e. The van der Waals surface area contributed by atoms with Crippen molar-refractivity contribution in [2.24, 2.45) is 0 Å². The molecule has 2 heterocycles. The number of hydrogen-bond acceptors (Lipinski definition) is 4. The third-order valence-electron chi connectivity index (χ3n) is 5.18. The van der Waals surface area contributed by atoms with Gasteiger partial charge in [0.05, 0.1) is 7.11 Å². The lowest BCUT2D eigenvalue weighted by Crippen LogP contribution is -2.41. The molecule has 3 N–H and O–H groups in total. The van der Waals surface area contributed by atoms with E-state index in [0.29, 0.717) is 12.2 Å². The standard InChI is InChI=1S/C22H22N4O4/c1-30-19-9-5-2-6-14(19)11-24-20(27)13-26-21(28)18(25-22(26)29)10-15-12-23-17-8-4-3-7-16(15)17/h2-9,12,18,23H,10-11,13H2,1H3,(H,24,27)(H,25,29)/t18-/m0/s1. The van der Waals surface area contributed by atoms with E-state index in [1.54, 1.807) is 13.2 Å². The van der Waals surface area contributed by atoms with E-state index >= 15 is 0 Å². The molecule has 8 heteroatoms. The van der Waals surface area contributed by atoms with Crippen molar-refractivity contribution in [3.8, 4) is 5.75 Å². The number of carbonyl (C=O) groups is 3. The highest BCUT2D eigenvalue weighted by Gasteiger charge is 2.39. The molecule has 1 aromatic heterocycles. The molecule has 1 fully saturated rings. The Labute approximate surface area is 173 Å². The van der Waals surface area contributed by atoms with Crippen molar-refractivity contribution in [3.63, 3.8) is 0 Å². The predicted molar refractivity (Wildman–Crippen MR) is 111 cm³/mol. The Morgan fingerprint density at radius 2 is 1.87 bits per heavy atom. The summed E-state index contributed by atoms with van der Waals surface area (Å²) in [5, 5.41) is 6.41. The van der Waals surface area contributed by atoms with Crippen LogP contribution in [-0.4, -0.2) is 47.4 Å². The van der Waals surface area contributed by atoms with Crippen LogP contribution in [0.25, 0.3) is 10.9 Å². The number of nitrogens with one attached hydrogen (secondary N) is 3. The maximum absolute atomic E-state index is 12.7. The molecular formula is C22H22N4O4. The number of aromatic amines is 1. The Balaban J connectivity index is 1.37. The summed E-state index contributed by atoms with van der Waals surface area (Å²) in [5.74, 6) is -0.165. The third kappa shape index (κ3) is 3.84. The minimum absolute atomic E-state index is 0.241. The molecule has 0 aliphatic carbocycles. The fraction of sp³-hybridized carbons (Fsp3) is 0.227. The number of para-hydroxylation sites is 2. The number of hydrogen-bond donors (Lipinski definition) is 3. The van der Waals surface area contributed by atoms with Crippen molar-refractivity contribution in [1.29, 1.82) is 0 Å². The number of methoxy groups -OCH3 is 1. The van der Waals surface area contributed by atoms with Crippen LogP contribution in [0.2, 0.25) is 0 Å². The number of benzene rings is 2. The van der Waals surface area contributed by atoms with Gasteiger partial charge in [0.1, 0.15) is 18.3 Å². The molecule has 0 bridgehead atoms. The maximum Gasteiger partial charge on any atom is 0.325 e. The summed E-state index contributed by atoms with van der Waals surface area (Å²) in [6, 6.07) is 13.8. The minimum Gasteiger partial charge on any atom is -0.496 e. The zero-order valence-corrected chi connectivity index (χ0v) is 16.5. The Kier molecular flexibility index (Phi) is 5.38. The average Bonchev–Trinajstić information content (AvgIpc) is 3.29. The number of carbonyl (C=O) groups excluding carboxylic acids is 3. The number of rotatable bonds is 7. The number of fused-ring (bicyclic) bond motifs is 1. The lowest BCUT2D eigenvalue weighted by Gasteiger charge is -2.14. The van der Waals surface area contributed by atoms with Crippen molar-refractivity contribution >= 4 is 28.7 Å². The molecule has 4 amide bonds. The predicted octanol–water partition coefficient (Wildman–Crippen LogP) is 1.96. The van der Waals surface area contributed by atoms with E-state index < -0.39 is 23.9 Å². The fourth-order valence-corrected chi connectivity index (χ4v) is 3.63. The molecule has 30 heavy (non-hydrogen) atoms. The Hall–Kier alpha value is -3.81. The van der Waals surface area contributed by atoms with Gasteiger partial charge in [-0.15, -0.1) is 0 Å². The zero-order valence-electron chi connectivity index (χ0n) is 16.5.